The normalized spacial score (nSPS) is 23.0. The Morgan fingerprint density at radius 3 is 2.49 bits per heavy atom. The van der Waals surface area contributed by atoms with Crippen LogP contribution >= 0.6 is 11.6 Å². The SMILES string of the molecule is CC(c1ccc(S(=O)(=O)C2CC2)cc1)N1C=C2C3=C(C[C@@H](C)N(C(=O)c4ccc(Cl)c(C(F)(F)F)c4)C3)NN2[C@H](CO)C1. The van der Waals surface area contributed by atoms with E-state index in [4.69, 9.17) is 11.6 Å². The second-order valence-corrected chi connectivity index (χ2v) is 14.3. The van der Waals surface area contributed by atoms with Gasteiger partial charge in [0.2, 0.25) is 0 Å². The summed E-state index contributed by atoms with van der Waals surface area (Å²) in [7, 11) is -3.29. The summed E-state index contributed by atoms with van der Waals surface area (Å²) < 4.78 is 65.7. The number of carbonyl (C=O) groups excluding carboxylic acids is 1. The summed E-state index contributed by atoms with van der Waals surface area (Å²) in [5.41, 5.74) is 5.66. The van der Waals surface area contributed by atoms with Crippen LogP contribution in [0.1, 0.15) is 60.6 Å². The molecule has 13 heteroatoms. The second-order valence-electron chi connectivity index (χ2n) is 11.7. The number of aliphatic hydroxyl groups excluding tert-OH is 1. The fraction of sp³-hybridized carbons (Fsp3) is 0.433. The van der Waals surface area contributed by atoms with Crippen molar-refractivity contribution in [3.8, 4) is 0 Å². The van der Waals surface area contributed by atoms with Gasteiger partial charge in [0.05, 0.1) is 51.7 Å². The highest BCUT2D eigenvalue weighted by Gasteiger charge is 2.42. The van der Waals surface area contributed by atoms with Crippen molar-refractivity contribution in [1.82, 2.24) is 20.2 Å². The highest BCUT2D eigenvalue weighted by atomic mass is 35.5. The number of benzene rings is 2. The summed E-state index contributed by atoms with van der Waals surface area (Å²) in [6.07, 6.45) is -0.876. The number of rotatable bonds is 6. The van der Waals surface area contributed by atoms with E-state index in [1.807, 2.05) is 37.2 Å². The first-order chi connectivity index (χ1) is 20.3. The Morgan fingerprint density at radius 2 is 1.86 bits per heavy atom. The minimum atomic E-state index is -4.69. The lowest BCUT2D eigenvalue weighted by molar-refractivity contribution is -0.137. The molecule has 3 atom stereocenters. The topological polar surface area (TPSA) is 93.2 Å². The van der Waals surface area contributed by atoms with E-state index in [9.17, 15) is 31.5 Å². The standard InChI is InChI=1S/C30H32ClF3N4O4S/c1-17-11-27-24(14-37(17)29(40)20-5-10-26(31)25(12-20)30(32,33)34)28-15-36(13-21(16-39)38(28)35-27)18(2)19-3-6-22(7-4-19)43(41,42)23-8-9-23/h3-7,10,12,15,17-18,21,23,35,39H,8-9,11,13-14,16H2,1-2H3/t17-,18?,21+/m1/s1. The molecule has 0 radical (unpaired) electrons. The van der Waals surface area contributed by atoms with E-state index in [-0.39, 0.29) is 42.1 Å². The van der Waals surface area contributed by atoms with Gasteiger partial charge in [0.1, 0.15) is 0 Å². The van der Waals surface area contributed by atoms with Crippen LogP contribution in [0.2, 0.25) is 5.02 Å². The van der Waals surface area contributed by atoms with Gasteiger partial charge in [0.15, 0.2) is 9.84 Å². The summed E-state index contributed by atoms with van der Waals surface area (Å²) in [5, 5.41) is 11.4. The number of carbonyl (C=O) groups is 1. The van der Waals surface area contributed by atoms with E-state index < -0.39 is 32.5 Å². The second kappa shape index (κ2) is 10.7. The van der Waals surface area contributed by atoms with Crippen LogP contribution in [0.15, 0.2) is 70.5 Å². The first kappa shape index (κ1) is 29.8. The van der Waals surface area contributed by atoms with Crippen LogP contribution in [0.25, 0.3) is 0 Å². The maximum atomic E-state index is 13.5. The number of fused-ring (bicyclic) bond motifs is 2. The summed E-state index contributed by atoms with van der Waals surface area (Å²) >= 11 is 5.78. The minimum absolute atomic E-state index is 0.0938. The molecule has 1 aliphatic carbocycles. The largest absolute Gasteiger partial charge is 0.417 e. The van der Waals surface area contributed by atoms with Crippen molar-refractivity contribution < 1.29 is 31.5 Å². The molecule has 0 saturated heterocycles. The van der Waals surface area contributed by atoms with E-state index in [1.54, 1.807) is 17.0 Å². The van der Waals surface area contributed by atoms with Gasteiger partial charge in [-0.05, 0) is 62.6 Å². The van der Waals surface area contributed by atoms with Gasteiger partial charge in [-0.15, -0.1) is 0 Å². The lowest BCUT2D eigenvalue weighted by atomic mass is 9.97. The fourth-order valence-electron chi connectivity index (χ4n) is 6.03. The Labute approximate surface area is 253 Å². The van der Waals surface area contributed by atoms with Crippen LogP contribution < -0.4 is 5.43 Å². The lowest BCUT2D eigenvalue weighted by Crippen LogP contribution is -2.52. The molecule has 1 unspecified atom stereocenters. The van der Waals surface area contributed by atoms with Crippen LogP contribution in [0.4, 0.5) is 13.2 Å². The smallest absolute Gasteiger partial charge is 0.394 e. The average Bonchev–Trinajstić information content (AvgIpc) is 3.78. The predicted molar refractivity (Wildman–Crippen MR) is 154 cm³/mol. The number of alkyl halides is 3. The van der Waals surface area contributed by atoms with Crippen molar-refractivity contribution in [3.05, 3.63) is 87.3 Å². The lowest BCUT2D eigenvalue weighted by Gasteiger charge is -2.42. The van der Waals surface area contributed by atoms with Crippen LogP contribution in [0, 0.1) is 0 Å². The molecule has 4 aliphatic rings. The van der Waals surface area contributed by atoms with Crippen LogP contribution in [-0.4, -0.2) is 71.3 Å². The van der Waals surface area contributed by atoms with Crippen molar-refractivity contribution in [1.29, 1.82) is 0 Å². The molecule has 2 aromatic rings. The number of nitrogens with zero attached hydrogens (tertiary/aromatic N) is 3. The number of hydrazine groups is 1. The van der Waals surface area contributed by atoms with E-state index in [0.717, 1.165) is 34.7 Å². The van der Waals surface area contributed by atoms with Crippen LogP contribution in [0.3, 0.4) is 0 Å². The molecule has 6 rings (SSSR count). The summed E-state index contributed by atoms with van der Waals surface area (Å²) in [4.78, 5) is 17.5. The van der Waals surface area contributed by atoms with Crippen molar-refractivity contribution in [2.75, 3.05) is 19.7 Å². The molecule has 2 N–H and O–H groups in total. The monoisotopic (exact) mass is 636 g/mol. The number of sulfone groups is 1. The molecule has 230 valence electrons. The zero-order chi connectivity index (χ0) is 30.8. The third-order valence-corrected chi connectivity index (χ3v) is 11.4. The van der Waals surface area contributed by atoms with Gasteiger partial charge >= 0.3 is 6.18 Å². The number of amides is 1. The van der Waals surface area contributed by atoms with E-state index >= 15 is 0 Å². The molecule has 1 saturated carbocycles. The highest BCUT2D eigenvalue weighted by molar-refractivity contribution is 7.92. The zero-order valence-electron chi connectivity index (χ0n) is 23.6. The maximum absolute atomic E-state index is 13.5. The van der Waals surface area contributed by atoms with Crippen LogP contribution in [-0.2, 0) is 16.0 Å². The Kier molecular flexibility index (Phi) is 7.45. The molecule has 1 fully saturated rings. The first-order valence-corrected chi connectivity index (χ1v) is 16.1. The average molecular weight is 637 g/mol. The zero-order valence-corrected chi connectivity index (χ0v) is 25.2. The molecule has 0 aromatic heterocycles. The maximum Gasteiger partial charge on any atom is 0.417 e. The number of hydrogen-bond donors (Lipinski definition) is 2. The Hall–Kier alpha value is -3.22. The van der Waals surface area contributed by atoms with Gasteiger partial charge in [-0.1, -0.05) is 23.7 Å². The molecule has 43 heavy (non-hydrogen) atoms. The fourth-order valence-corrected chi connectivity index (χ4v) is 7.92. The van der Waals surface area contributed by atoms with Gasteiger partial charge in [-0.2, -0.15) is 13.2 Å². The third kappa shape index (κ3) is 5.38. The summed E-state index contributed by atoms with van der Waals surface area (Å²) in [6.45, 7) is 4.36. The van der Waals surface area contributed by atoms with Crippen molar-refractivity contribution in [3.63, 3.8) is 0 Å². The highest BCUT2D eigenvalue weighted by Crippen LogP contribution is 2.40. The Bertz CT molecular complexity index is 1620. The molecule has 3 heterocycles. The Morgan fingerprint density at radius 1 is 1.16 bits per heavy atom. The number of nitrogens with one attached hydrogen (secondary N) is 1. The summed E-state index contributed by atoms with van der Waals surface area (Å²) in [5.74, 6) is -0.527. The quantitative estimate of drug-likeness (QED) is 0.467. The molecular formula is C30H32ClF3N4O4S. The predicted octanol–water partition coefficient (Wildman–Crippen LogP) is 4.88. The van der Waals surface area contributed by atoms with Gasteiger partial charge in [0.25, 0.3) is 5.91 Å². The number of halogens is 4. The van der Waals surface area contributed by atoms with E-state index in [1.165, 1.54) is 6.07 Å². The van der Waals surface area contributed by atoms with Gasteiger partial charge in [-0.25, -0.2) is 8.42 Å². The number of hydrogen-bond acceptors (Lipinski definition) is 7. The molecule has 0 bridgehead atoms. The molecule has 8 nitrogen and oxygen atoms in total. The van der Waals surface area contributed by atoms with Gasteiger partial charge < -0.3 is 20.3 Å². The van der Waals surface area contributed by atoms with Crippen molar-refractivity contribution in [2.24, 2.45) is 0 Å². The molecule has 0 spiro atoms. The van der Waals surface area contributed by atoms with Crippen molar-refractivity contribution >= 4 is 27.3 Å². The van der Waals surface area contributed by atoms with Crippen LogP contribution in [0.5, 0.6) is 0 Å². The van der Waals surface area contributed by atoms with Gasteiger partial charge in [-0.3, -0.25) is 9.80 Å². The first-order valence-electron chi connectivity index (χ1n) is 14.2. The molecular weight excluding hydrogens is 605 g/mol. The van der Waals surface area contributed by atoms with E-state index in [0.29, 0.717) is 30.7 Å². The molecule has 3 aliphatic heterocycles. The van der Waals surface area contributed by atoms with Crippen molar-refractivity contribution in [2.45, 2.75) is 67.6 Å². The minimum Gasteiger partial charge on any atom is -0.394 e. The van der Waals surface area contributed by atoms with Gasteiger partial charge in [0, 0.05) is 42.0 Å². The summed E-state index contributed by atoms with van der Waals surface area (Å²) in [6, 6.07) is 9.38. The third-order valence-electron chi connectivity index (χ3n) is 8.77. The molecule has 2 aromatic carbocycles. The Balaban J connectivity index is 1.26. The molecule has 1 amide bonds. The number of aliphatic hydroxyl groups is 1. The van der Waals surface area contributed by atoms with E-state index in [2.05, 4.69) is 10.3 Å².